The predicted molar refractivity (Wildman–Crippen MR) is 175 cm³/mol. The molecule has 0 aliphatic rings. The van der Waals surface area contributed by atoms with Crippen LogP contribution in [-0.4, -0.2) is 0 Å². The molecule has 8 aromatic carbocycles. The van der Waals surface area contributed by atoms with Crippen LogP contribution in [0.15, 0.2) is 150 Å². The molecular formula is C40H24O. The van der Waals surface area contributed by atoms with Gasteiger partial charge in [0.1, 0.15) is 11.2 Å². The molecule has 1 aromatic heterocycles. The zero-order valence-corrected chi connectivity index (χ0v) is 21.0. The van der Waals surface area contributed by atoms with Gasteiger partial charge in [0, 0.05) is 16.2 Å². The second-order valence-electron chi connectivity index (χ2n) is 9.63. The van der Waals surface area contributed by atoms with Gasteiger partial charge < -0.3 is 4.42 Å². The summed E-state index contributed by atoms with van der Waals surface area (Å²) in [6.45, 7) is 0. The van der Waals surface area contributed by atoms with Crippen molar-refractivity contribution in [3.8, 4) is 22.3 Å². The molecule has 9 rings (SSSR count). The van der Waals surface area contributed by atoms with E-state index in [1.807, 2.05) is 0 Å². The first-order chi connectivity index (χ1) is 27.0. The molecule has 0 radical (unpaired) electrons. The highest BCUT2D eigenvalue weighted by Gasteiger charge is 2.20. The standard InChI is InChI=1S/C40H24O/c1-2-10-25(11-3-1)30-17-8-14-27-21-23-34-39-33(18-9-19-36(39)41-40(34)37(27)30)38-31-16-7-5-13-28(31)24-35-29-15-6-4-12-26(29)20-22-32(35)38/h1-24H/i1D,2D,3D,4D,5D,6D,7D,10D,11D,12D,13D,15D,16D,20D,22D,24D. The summed E-state index contributed by atoms with van der Waals surface area (Å²) in [6, 6.07) is 4.70. The Labute approximate surface area is 259 Å². The maximum atomic E-state index is 9.44. The van der Waals surface area contributed by atoms with E-state index in [1.165, 1.54) is 0 Å². The van der Waals surface area contributed by atoms with Crippen molar-refractivity contribution in [3.63, 3.8) is 0 Å². The highest BCUT2D eigenvalue weighted by Crippen LogP contribution is 2.46. The van der Waals surface area contributed by atoms with Gasteiger partial charge in [-0.1, -0.05) is 127 Å². The van der Waals surface area contributed by atoms with Crippen LogP contribution in [0.3, 0.4) is 0 Å². The second kappa shape index (κ2) is 8.55. The van der Waals surface area contributed by atoms with Crippen molar-refractivity contribution in [2.75, 3.05) is 0 Å². The Hall–Kier alpha value is -5.40. The number of hydrogen-bond donors (Lipinski definition) is 0. The minimum Gasteiger partial charge on any atom is -0.455 e. The third-order valence-electron chi connectivity index (χ3n) is 7.48. The van der Waals surface area contributed by atoms with Crippen molar-refractivity contribution < 1.29 is 26.3 Å². The fraction of sp³-hybridized carbons (Fsp3) is 0. The highest BCUT2D eigenvalue weighted by molar-refractivity contribution is 6.27. The molecule has 0 unspecified atom stereocenters. The van der Waals surface area contributed by atoms with Crippen molar-refractivity contribution in [1.82, 2.24) is 0 Å². The zero-order chi connectivity index (χ0) is 40.8. The Morgan fingerprint density at radius 3 is 2.12 bits per heavy atom. The van der Waals surface area contributed by atoms with Crippen LogP contribution in [0.2, 0.25) is 0 Å². The van der Waals surface area contributed by atoms with Gasteiger partial charge in [0.15, 0.2) is 0 Å². The fourth-order valence-corrected chi connectivity index (χ4v) is 5.79. The third kappa shape index (κ3) is 3.24. The van der Waals surface area contributed by atoms with E-state index < -0.39 is 96.7 Å². The summed E-state index contributed by atoms with van der Waals surface area (Å²) in [7, 11) is 0. The molecule has 0 amide bonds. The van der Waals surface area contributed by atoms with Crippen molar-refractivity contribution >= 4 is 65.0 Å². The monoisotopic (exact) mass is 536 g/mol. The minimum absolute atomic E-state index is 0.0168. The first-order valence-electron chi connectivity index (χ1n) is 20.8. The Bertz CT molecular complexity index is 3340. The SMILES string of the molecule is [2H]c1c([2H])c([2H])c(-c2cccc3ccc4c(oc5cccc(-c6c7c([2H])c([2H])c([2H])c([2H])c7c([2H])c7c6c([2H])c([2H])c6c([2H])c([2H])c([2H])c([2H])c67)c54)c23)c([2H])c1[2H]. The van der Waals surface area contributed by atoms with Gasteiger partial charge in [-0.25, -0.2) is 0 Å². The van der Waals surface area contributed by atoms with Gasteiger partial charge in [-0.3, -0.25) is 0 Å². The Kier molecular flexibility index (Phi) is 2.50. The van der Waals surface area contributed by atoms with Crippen molar-refractivity contribution in [3.05, 3.63) is 145 Å². The molecule has 1 heteroatoms. The van der Waals surface area contributed by atoms with E-state index in [9.17, 15) is 2.74 Å². The van der Waals surface area contributed by atoms with Crippen molar-refractivity contribution in [2.45, 2.75) is 0 Å². The average molecular weight is 537 g/mol. The number of furan rings is 1. The molecule has 0 saturated heterocycles. The van der Waals surface area contributed by atoms with Crippen molar-refractivity contribution in [1.29, 1.82) is 0 Å². The van der Waals surface area contributed by atoms with E-state index in [1.54, 1.807) is 48.5 Å². The maximum Gasteiger partial charge on any atom is 0.143 e. The van der Waals surface area contributed by atoms with E-state index in [-0.39, 0.29) is 60.2 Å². The number of benzene rings is 8. The molecule has 0 aliphatic carbocycles. The van der Waals surface area contributed by atoms with Crippen LogP contribution in [0.5, 0.6) is 0 Å². The molecule has 0 atom stereocenters. The minimum atomic E-state index is -0.647. The molecule has 0 aliphatic heterocycles. The van der Waals surface area contributed by atoms with Crippen LogP contribution in [0.25, 0.3) is 87.3 Å². The Morgan fingerprint density at radius 1 is 0.463 bits per heavy atom. The molecule has 1 nitrogen and oxygen atoms in total. The molecule has 9 aromatic rings. The number of rotatable bonds is 2. The molecule has 190 valence electrons. The van der Waals surface area contributed by atoms with Crippen molar-refractivity contribution in [2.24, 2.45) is 0 Å². The smallest absolute Gasteiger partial charge is 0.143 e. The summed E-state index contributed by atoms with van der Waals surface area (Å²) in [6.07, 6.45) is 0. The lowest BCUT2D eigenvalue weighted by Crippen LogP contribution is -1.88. The van der Waals surface area contributed by atoms with Gasteiger partial charge in [-0.05, 0) is 78.1 Å². The molecular weight excluding hydrogens is 496 g/mol. The normalized spacial score (nSPS) is 17.4. The van der Waals surface area contributed by atoms with Gasteiger partial charge in [0.05, 0.1) is 21.9 Å². The summed E-state index contributed by atoms with van der Waals surface area (Å²) in [4.78, 5) is 0. The highest BCUT2D eigenvalue weighted by atomic mass is 16.3. The lowest BCUT2D eigenvalue weighted by Gasteiger charge is -2.15. The topological polar surface area (TPSA) is 13.1 Å². The van der Waals surface area contributed by atoms with Gasteiger partial charge >= 0.3 is 0 Å². The molecule has 1 heterocycles. The number of fused-ring (bicyclic) bond motifs is 9. The van der Waals surface area contributed by atoms with Gasteiger partial charge in [-0.2, -0.15) is 0 Å². The van der Waals surface area contributed by atoms with E-state index in [0.717, 1.165) is 0 Å². The molecule has 0 spiro atoms. The van der Waals surface area contributed by atoms with E-state index in [0.29, 0.717) is 27.1 Å². The Morgan fingerprint density at radius 2 is 1.22 bits per heavy atom. The van der Waals surface area contributed by atoms with Crippen LogP contribution in [0, 0.1) is 0 Å². The molecule has 0 bridgehead atoms. The van der Waals surface area contributed by atoms with Crippen LogP contribution in [-0.2, 0) is 0 Å². The summed E-state index contributed by atoms with van der Waals surface area (Å²) in [5.41, 5.74) is 1.06. The van der Waals surface area contributed by atoms with E-state index in [4.69, 9.17) is 23.6 Å². The van der Waals surface area contributed by atoms with E-state index in [2.05, 4.69) is 0 Å². The maximum absolute atomic E-state index is 9.44. The predicted octanol–water partition coefficient (Wildman–Crippen LogP) is 11.5. The summed E-state index contributed by atoms with van der Waals surface area (Å²) >= 11 is 0. The molecule has 0 N–H and O–H groups in total. The second-order valence-corrected chi connectivity index (χ2v) is 9.63. The van der Waals surface area contributed by atoms with Gasteiger partial charge in [0.2, 0.25) is 0 Å². The molecule has 0 fully saturated rings. The first-order valence-corrected chi connectivity index (χ1v) is 12.8. The van der Waals surface area contributed by atoms with Gasteiger partial charge in [-0.15, -0.1) is 0 Å². The fourth-order valence-electron chi connectivity index (χ4n) is 5.79. The lowest BCUT2D eigenvalue weighted by molar-refractivity contribution is 0.673. The quantitative estimate of drug-likeness (QED) is 0.158. The van der Waals surface area contributed by atoms with Crippen LogP contribution in [0.1, 0.15) is 21.9 Å². The van der Waals surface area contributed by atoms with Gasteiger partial charge in [0.25, 0.3) is 0 Å². The zero-order valence-electron chi connectivity index (χ0n) is 37.0. The van der Waals surface area contributed by atoms with Crippen LogP contribution < -0.4 is 0 Å². The largest absolute Gasteiger partial charge is 0.455 e. The summed E-state index contributed by atoms with van der Waals surface area (Å²) in [5.74, 6) is 0. The van der Waals surface area contributed by atoms with Crippen LogP contribution in [0.4, 0.5) is 0 Å². The third-order valence-corrected chi connectivity index (χ3v) is 7.48. The molecule has 41 heavy (non-hydrogen) atoms. The average Bonchev–Trinajstić information content (AvgIpc) is 3.59. The van der Waals surface area contributed by atoms with E-state index >= 15 is 0 Å². The molecule has 0 saturated carbocycles. The Balaban J connectivity index is 1.54. The lowest BCUT2D eigenvalue weighted by atomic mass is 9.88. The first kappa shape index (κ1) is 12.0. The van der Waals surface area contributed by atoms with Crippen LogP contribution >= 0.6 is 0 Å². The number of hydrogen-bond acceptors (Lipinski definition) is 1. The summed E-state index contributed by atoms with van der Waals surface area (Å²) in [5, 5.41) is 0.598. The summed E-state index contributed by atoms with van der Waals surface area (Å²) < 4.78 is 146.